The molecular formula is C7H13N3. The van der Waals surface area contributed by atoms with E-state index in [-0.39, 0.29) is 0 Å². The molecule has 1 rings (SSSR count). The van der Waals surface area contributed by atoms with Crippen molar-refractivity contribution in [2.45, 2.75) is 19.8 Å². The van der Waals surface area contributed by atoms with Crippen LogP contribution < -0.4 is 5.73 Å². The SMILES string of the molecule is Cc1cn[nH]c1CCCN. The van der Waals surface area contributed by atoms with Crippen LogP contribution in [0.5, 0.6) is 0 Å². The number of nitrogens with zero attached hydrogens (tertiary/aromatic N) is 1. The molecule has 0 radical (unpaired) electrons. The van der Waals surface area contributed by atoms with Gasteiger partial charge in [-0.25, -0.2) is 0 Å². The number of aromatic amines is 1. The first-order valence-corrected chi connectivity index (χ1v) is 3.53. The monoisotopic (exact) mass is 139 g/mol. The molecule has 0 saturated heterocycles. The van der Waals surface area contributed by atoms with Crippen molar-refractivity contribution in [3.63, 3.8) is 0 Å². The number of aromatic nitrogens is 2. The Kier molecular flexibility index (Phi) is 2.45. The van der Waals surface area contributed by atoms with Gasteiger partial charge in [-0.15, -0.1) is 0 Å². The third-order valence-corrected chi connectivity index (χ3v) is 1.56. The summed E-state index contributed by atoms with van der Waals surface area (Å²) in [6.45, 7) is 2.80. The van der Waals surface area contributed by atoms with Crippen LogP contribution in [0.15, 0.2) is 6.20 Å². The van der Waals surface area contributed by atoms with Gasteiger partial charge in [-0.2, -0.15) is 5.10 Å². The van der Waals surface area contributed by atoms with Crippen molar-refractivity contribution < 1.29 is 0 Å². The van der Waals surface area contributed by atoms with E-state index < -0.39 is 0 Å². The highest BCUT2D eigenvalue weighted by Gasteiger charge is 1.97. The second-order valence-corrected chi connectivity index (χ2v) is 2.42. The van der Waals surface area contributed by atoms with Gasteiger partial charge in [-0.1, -0.05) is 0 Å². The molecule has 1 aromatic heterocycles. The van der Waals surface area contributed by atoms with E-state index in [0.717, 1.165) is 19.4 Å². The summed E-state index contributed by atoms with van der Waals surface area (Å²) < 4.78 is 0. The fraction of sp³-hybridized carbons (Fsp3) is 0.571. The highest BCUT2D eigenvalue weighted by molar-refractivity contribution is 5.13. The van der Waals surface area contributed by atoms with Crippen LogP contribution >= 0.6 is 0 Å². The maximum Gasteiger partial charge on any atom is 0.0519 e. The zero-order valence-corrected chi connectivity index (χ0v) is 6.22. The van der Waals surface area contributed by atoms with Gasteiger partial charge >= 0.3 is 0 Å². The number of hydrogen-bond acceptors (Lipinski definition) is 2. The number of rotatable bonds is 3. The Morgan fingerprint density at radius 2 is 2.50 bits per heavy atom. The van der Waals surface area contributed by atoms with E-state index in [0.29, 0.717) is 0 Å². The first-order chi connectivity index (χ1) is 4.84. The highest BCUT2D eigenvalue weighted by atomic mass is 15.1. The molecule has 0 spiro atoms. The summed E-state index contributed by atoms with van der Waals surface area (Å²) in [5, 5.41) is 6.84. The summed E-state index contributed by atoms with van der Waals surface area (Å²) in [5.74, 6) is 0. The first-order valence-electron chi connectivity index (χ1n) is 3.53. The van der Waals surface area contributed by atoms with Gasteiger partial charge in [0.25, 0.3) is 0 Å². The minimum atomic E-state index is 0.748. The van der Waals surface area contributed by atoms with Crippen molar-refractivity contribution in [3.05, 3.63) is 17.5 Å². The predicted molar refractivity (Wildman–Crippen MR) is 40.7 cm³/mol. The quantitative estimate of drug-likeness (QED) is 0.644. The van der Waals surface area contributed by atoms with Gasteiger partial charge in [0.05, 0.1) is 6.20 Å². The maximum absolute atomic E-state index is 5.36. The zero-order valence-electron chi connectivity index (χ0n) is 6.22. The van der Waals surface area contributed by atoms with Crippen LogP contribution in [0.4, 0.5) is 0 Å². The van der Waals surface area contributed by atoms with Crippen molar-refractivity contribution in [1.29, 1.82) is 0 Å². The van der Waals surface area contributed by atoms with E-state index in [1.54, 1.807) is 0 Å². The van der Waals surface area contributed by atoms with E-state index in [1.807, 2.05) is 6.20 Å². The Balaban J connectivity index is 2.49. The van der Waals surface area contributed by atoms with E-state index in [9.17, 15) is 0 Å². The summed E-state index contributed by atoms with van der Waals surface area (Å²) in [7, 11) is 0. The summed E-state index contributed by atoms with van der Waals surface area (Å²) in [5.41, 5.74) is 7.80. The smallest absolute Gasteiger partial charge is 0.0519 e. The second-order valence-electron chi connectivity index (χ2n) is 2.42. The first kappa shape index (κ1) is 7.28. The molecule has 1 heterocycles. The van der Waals surface area contributed by atoms with E-state index >= 15 is 0 Å². The molecule has 0 aliphatic heterocycles. The van der Waals surface area contributed by atoms with E-state index in [1.165, 1.54) is 11.3 Å². The zero-order chi connectivity index (χ0) is 7.40. The van der Waals surface area contributed by atoms with Crippen LogP contribution in [0.25, 0.3) is 0 Å². The topological polar surface area (TPSA) is 54.7 Å². The third-order valence-electron chi connectivity index (χ3n) is 1.56. The van der Waals surface area contributed by atoms with Gasteiger partial charge in [-0.3, -0.25) is 5.10 Å². The van der Waals surface area contributed by atoms with Gasteiger partial charge in [0, 0.05) is 5.69 Å². The molecule has 0 aliphatic carbocycles. The molecule has 3 nitrogen and oxygen atoms in total. The van der Waals surface area contributed by atoms with Crippen LogP contribution in [-0.4, -0.2) is 16.7 Å². The number of hydrogen-bond donors (Lipinski definition) is 2. The maximum atomic E-state index is 5.36. The number of nitrogens with two attached hydrogens (primary N) is 1. The number of aryl methyl sites for hydroxylation is 2. The summed E-state index contributed by atoms with van der Waals surface area (Å²) in [6.07, 6.45) is 3.89. The van der Waals surface area contributed by atoms with Gasteiger partial charge in [0.2, 0.25) is 0 Å². The molecule has 0 fully saturated rings. The fourth-order valence-corrected chi connectivity index (χ4v) is 0.905. The third kappa shape index (κ3) is 1.57. The average Bonchev–Trinajstić information content (AvgIpc) is 2.31. The van der Waals surface area contributed by atoms with Gasteiger partial charge in [0.1, 0.15) is 0 Å². The number of H-pyrrole nitrogens is 1. The van der Waals surface area contributed by atoms with Crippen LogP contribution in [0, 0.1) is 6.92 Å². The Labute approximate surface area is 60.6 Å². The highest BCUT2D eigenvalue weighted by Crippen LogP contribution is 2.03. The lowest BCUT2D eigenvalue weighted by atomic mass is 10.2. The predicted octanol–water partition coefficient (Wildman–Crippen LogP) is 0.609. The van der Waals surface area contributed by atoms with Crippen molar-refractivity contribution >= 4 is 0 Å². The summed E-state index contributed by atoms with van der Waals surface area (Å²) >= 11 is 0. The van der Waals surface area contributed by atoms with Gasteiger partial charge in [0.15, 0.2) is 0 Å². The van der Waals surface area contributed by atoms with Crippen molar-refractivity contribution in [2.24, 2.45) is 5.73 Å². The average molecular weight is 139 g/mol. The Morgan fingerprint density at radius 1 is 1.70 bits per heavy atom. The molecule has 0 saturated carbocycles. The lowest BCUT2D eigenvalue weighted by Crippen LogP contribution is -2.01. The van der Waals surface area contributed by atoms with Crippen LogP contribution in [0.1, 0.15) is 17.7 Å². The molecule has 0 aliphatic rings. The van der Waals surface area contributed by atoms with Gasteiger partial charge < -0.3 is 5.73 Å². The van der Waals surface area contributed by atoms with Crippen molar-refractivity contribution in [2.75, 3.05) is 6.54 Å². The Bertz CT molecular complexity index is 192. The fourth-order valence-electron chi connectivity index (χ4n) is 0.905. The molecule has 56 valence electrons. The largest absolute Gasteiger partial charge is 0.330 e. The van der Waals surface area contributed by atoms with Crippen molar-refractivity contribution in [3.8, 4) is 0 Å². The Hall–Kier alpha value is -0.830. The molecule has 3 heteroatoms. The van der Waals surface area contributed by atoms with Gasteiger partial charge in [-0.05, 0) is 31.9 Å². The molecule has 3 N–H and O–H groups in total. The van der Waals surface area contributed by atoms with Crippen LogP contribution in [0.3, 0.4) is 0 Å². The lowest BCUT2D eigenvalue weighted by molar-refractivity contribution is 0.800. The lowest BCUT2D eigenvalue weighted by Gasteiger charge is -1.94. The number of nitrogens with one attached hydrogen (secondary N) is 1. The molecule has 1 aromatic rings. The summed E-state index contributed by atoms with van der Waals surface area (Å²) in [6, 6.07) is 0. The molecular weight excluding hydrogens is 126 g/mol. The Morgan fingerprint density at radius 3 is 3.00 bits per heavy atom. The minimum Gasteiger partial charge on any atom is -0.330 e. The normalized spacial score (nSPS) is 10.2. The summed E-state index contributed by atoms with van der Waals surface area (Å²) in [4.78, 5) is 0. The molecule has 0 bridgehead atoms. The molecule has 0 unspecified atom stereocenters. The van der Waals surface area contributed by atoms with Crippen LogP contribution in [-0.2, 0) is 6.42 Å². The molecule has 10 heavy (non-hydrogen) atoms. The minimum absolute atomic E-state index is 0.748. The molecule has 0 aromatic carbocycles. The van der Waals surface area contributed by atoms with Crippen LogP contribution in [0.2, 0.25) is 0 Å². The molecule has 0 atom stereocenters. The van der Waals surface area contributed by atoms with Crippen molar-refractivity contribution in [1.82, 2.24) is 10.2 Å². The standard InChI is InChI=1S/C7H13N3/c1-6-5-9-10-7(6)3-2-4-8/h5H,2-4,8H2,1H3,(H,9,10). The van der Waals surface area contributed by atoms with E-state index in [2.05, 4.69) is 17.1 Å². The second kappa shape index (κ2) is 3.37. The van der Waals surface area contributed by atoms with E-state index in [4.69, 9.17) is 5.73 Å². The molecule has 0 amide bonds.